The number of pyridine rings is 1. The van der Waals surface area contributed by atoms with E-state index in [9.17, 15) is 21.6 Å². The first-order valence-corrected chi connectivity index (χ1v) is 7.38. The first-order chi connectivity index (χ1) is 10.2. The second kappa shape index (κ2) is 5.84. The molecule has 1 aromatic heterocycles. The maximum atomic E-state index is 12.2. The van der Waals surface area contributed by atoms with Gasteiger partial charge in [0.05, 0.1) is 0 Å². The molecule has 2 aromatic rings. The Bertz CT molecular complexity index is 759. The lowest BCUT2D eigenvalue weighted by Crippen LogP contribution is -2.28. The minimum absolute atomic E-state index is 0.420. The summed E-state index contributed by atoms with van der Waals surface area (Å²) in [5.74, 6) is -0.420. The van der Waals surface area contributed by atoms with Gasteiger partial charge in [-0.1, -0.05) is 12.1 Å². The van der Waals surface area contributed by atoms with Gasteiger partial charge in [0.25, 0.3) is 0 Å². The molecule has 5 nitrogen and oxygen atoms in total. The molecule has 0 saturated carbocycles. The largest absolute Gasteiger partial charge is 0.534 e. The fraction of sp³-hybridized carbons (Fsp3) is 0.154. The molecule has 0 spiro atoms. The van der Waals surface area contributed by atoms with E-state index in [1.165, 1.54) is 12.1 Å². The molecule has 0 aliphatic carbocycles. The highest BCUT2D eigenvalue weighted by atomic mass is 32.2. The van der Waals surface area contributed by atoms with Crippen LogP contribution in [-0.2, 0) is 10.1 Å². The zero-order chi connectivity index (χ0) is 16.4. The maximum absolute atomic E-state index is 12.2. The summed E-state index contributed by atoms with van der Waals surface area (Å²) in [7, 11) is -3.95. The van der Waals surface area contributed by atoms with Crippen molar-refractivity contribution < 1.29 is 25.8 Å². The lowest BCUT2D eigenvalue weighted by Gasteiger charge is -2.11. The van der Waals surface area contributed by atoms with Crippen LogP contribution in [0.1, 0.15) is 0 Å². The highest BCUT2D eigenvalue weighted by Crippen LogP contribution is 2.30. The van der Waals surface area contributed by atoms with E-state index < -0.39 is 21.4 Å². The van der Waals surface area contributed by atoms with Crippen LogP contribution in [-0.4, -0.2) is 26.0 Å². The van der Waals surface area contributed by atoms with Crippen molar-refractivity contribution in [3.63, 3.8) is 0 Å². The van der Waals surface area contributed by atoms with E-state index in [2.05, 4.69) is 14.5 Å². The summed E-state index contributed by atoms with van der Waals surface area (Å²) in [4.78, 5) is 3.97. The van der Waals surface area contributed by atoms with Gasteiger partial charge >= 0.3 is 15.6 Å². The van der Waals surface area contributed by atoms with Crippen LogP contribution in [0.15, 0.2) is 42.7 Å². The number of anilines is 1. The van der Waals surface area contributed by atoms with Crippen molar-refractivity contribution in [1.29, 1.82) is 0 Å². The summed E-state index contributed by atoms with van der Waals surface area (Å²) in [5, 5.41) is 2.95. The average Bonchev–Trinajstić information content (AvgIpc) is 2.46. The summed E-state index contributed by atoms with van der Waals surface area (Å²) >= 11 is 0. The maximum Gasteiger partial charge on any atom is 0.534 e. The van der Waals surface area contributed by atoms with E-state index in [1.807, 2.05) is 0 Å². The SMILES string of the molecule is CNc1ccncc1-c1ccc(OS(=O)(=O)C(F)(F)F)cc1. The van der Waals surface area contributed by atoms with E-state index in [0.717, 1.165) is 23.4 Å². The van der Waals surface area contributed by atoms with Crippen LogP contribution >= 0.6 is 0 Å². The van der Waals surface area contributed by atoms with Gasteiger partial charge in [-0.15, -0.1) is 0 Å². The summed E-state index contributed by atoms with van der Waals surface area (Å²) < 4.78 is 62.5. The van der Waals surface area contributed by atoms with Gasteiger partial charge in [0.2, 0.25) is 0 Å². The summed E-state index contributed by atoms with van der Waals surface area (Å²) in [6, 6.07) is 6.90. The van der Waals surface area contributed by atoms with Crippen LogP contribution in [0.4, 0.5) is 18.9 Å². The van der Waals surface area contributed by atoms with Crippen molar-refractivity contribution in [3.05, 3.63) is 42.7 Å². The molecule has 9 heteroatoms. The Morgan fingerprint density at radius 2 is 1.77 bits per heavy atom. The molecule has 0 bridgehead atoms. The molecule has 22 heavy (non-hydrogen) atoms. The molecule has 0 aliphatic rings. The van der Waals surface area contributed by atoms with Crippen LogP contribution < -0.4 is 9.50 Å². The monoisotopic (exact) mass is 332 g/mol. The van der Waals surface area contributed by atoms with Crippen LogP contribution in [0.3, 0.4) is 0 Å². The quantitative estimate of drug-likeness (QED) is 0.688. The van der Waals surface area contributed by atoms with Crippen LogP contribution in [0.25, 0.3) is 11.1 Å². The standard InChI is InChI=1S/C13H11F3N2O3S/c1-17-12-6-7-18-8-11(12)9-2-4-10(5-3-9)21-22(19,20)13(14,15)16/h2-8H,1H3,(H,17,18). The van der Waals surface area contributed by atoms with Gasteiger partial charge in [-0.05, 0) is 23.8 Å². The van der Waals surface area contributed by atoms with E-state index in [1.54, 1.807) is 25.5 Å². The zero-order valence-corrected chi connectivity index (χ0v) is 12.1. The minimum Gasteiger partial charge on any atom is -0.388 e. The molecular weight excluding hydrogens is 321 g/mol. The third-order valence-corrected chi connectivity index (χ3v) is 3.72. The third kappa shape index (κ3) is 3.30. The highest BCUT2D eigenvalue weighted by Gasteiger charge is 2.48. The normalized spacial score (nSPS) is 12.0. The minimum atomic E-state index is -5.67. The lowest BCUT2D eigenvalue weighted by molar-refractivity contribution is -0.0500. The average molecular weight is 332 g/mol. The van der Waals surface area contributed by atoms with E-state index in [0.29, 0.717) is 5.56 Å². The van der Waals surface area contributed by atoms with Crippen molar-refractivity contribution in [2.45, 2.75) is 5.51 Å². The van der Waals surface area contributed by atoms with Crippen molar-refractivity contribution in [2.75, 3.05) is 12.4 Å². The number of hydrogen-bond acceptors (Lipinski definition) is 5. The Morgan fingerprint density at radius 3 is 2.32 bits per heavy atom. The Labute approximate surface area is 124 Å². The number of halogens is 3. The Kier molecular flexibility index (Phi) is 4.27. The molecule has 0 radical (unpaired) electrons. The van der Waals surface area contributed by atoms with Gasteiger partial charge in [0.15, 0.2) is 0 Å². The van der Waals surface area contributed by atoms with Crippen LogP contribution in [0.2, 0.25) is 0 Å². The molecule has 118 valence electrons. The lowest BCUT2D eigenvalue weighted by atomic mass is 10.1. The Balaban J connectivity index is 2.28. The molecular formula is C13H11F3N2O3S. The molecule has 1 N–H and O–H groups in total. The van der Waals surface area contributed by atoms with Gasteiger partial charge in [-0.3, -0.25) is 4.98 Å². The topological polar surface area (TPSA) is 68.3 Å². The molecule has 2 rings (SSSR count). The molecule has 1 heterocycles. The Morgan fingerprint density at radius 1 is 1.14 bits per heavy atom. The number of hydrogen-bond donors (Lipinski definition) is 1. The summed E-state index contributed by atoms with van der Waals surface area (Å²) in [5.41, 5.74) is -3.33. The molecule has 0 fully saturated rings. The summed E-state index contributed by atoms with van der Waals surface area (Å²) in [6.45, 7) is 0. The van der Waals surface area contributed by atoms with E-state index in [-0.39, 0.29) is 0 Å². The smallest absolute Gasteiger partial charge is 0.388 e. The fourth-order valence-corrected chi connectivity index (χ4v) is 2.17. The van der Waals surface area contributed by atoms with Crippen molar-refractivity contribution >= 4 is 15.8 Å². The number of aromatic nitrogens is 1. The van der Waals surface area contributed by atoms with Crippen molar-refractivity contribution in [2.24, 2.45) is 0 Å². The predicted molar refractivity (Wildman–Crippen MR) is 74.8 cm³/mol. The first-order valence-electron chi connectivity index (χ1n) is 5.97. The fourth-order valence-electron chi connectivity index (χ4n) is 1.71. The van der Waals surface area contributed by atoms with Crippen molar-refractivity contribution in [3.8, 4) is 16.9 Å². The molecule has 0 atom stereocenters. The van der Waals surface area contributed by atoms with Gasteiger partial charge in [0.1, 0.15) is 5.75 Å². The number of nitrogens with one attached hydrogen (secondary N) is 1. The van der Waals surface area contributed by atoms with Gasteiger partial charge in [0, 0.05) is 30.7 Å². The molecule has 1 aromatic carbocycles. The van der Waals surface area contributed by atoms with E-state index >= 15 is 0 Å². The van der Waals surface area contributed by atoms with Gasteiger partial charge < -0.3 is 9.50 Å². The Hall–Kier alpha value is -2.29. The summed E-state index contributed by atoms with van der Waals surface area (Å²) in [6.07, 6.45) is 3.16. The van der Waals surface area contributed by atoms with Gasteiger partial charge in [-0.25, -0.2) is 0 Å². The predicted octanol–water partition coefficient (Wildman–Crippen LogP) is 3.02. The number of rotatable bonds is 4. The van der Waals surface area contributed by atoms with E-state index in [4.69, 9.17) is 0 Å². The number of alkyl halides is 3. The van der Waals surface area contributed by atoms with Crippen LogP contribution in [0, 0.1) is 0 Å². The third-order valence-electron chi connectivity index (χ3n) is 2.75. The number of nitrogens with zero attached hydrogens (tertiary/aromatic N) is 1. The second-order valence-corrected chi connectivity index (χ2v) is 5.72. The molecule has 0 unspecified atom stereocenters. The molecule has 0 amide bonds. The zero-order valence-electron chi connectivity index (χ0n) is 11.3. The second-order valence-electron chi connectivity index (χ2n) is 4.18. The highest BCUT2D eigenvalue weighted by molar-refractivity contribution is 7.88. The molecule has 0 saturated heterocycles. The number of benzene rings is 1. The molecule has 0 aliphatic heterocycles. The van der Waals surface area contributed by atoms with Crippen molar-refractivity contribution in [1.82, 2.24) is 4.98 Å². The first kappa shape index (κ1) is 16.1. The van der Waals surface area contributed by atoms with Crippen LogP contribution in [0.5, 0.6) is 5.75 Å². The van der Waals surface area contributed by atoms with Gasteiger partial charge in [-0.2, -0.15) is 21.6 Å².